The third-order valence-electron chi connectivity index (χ3n) is 2.53. The Morgan fingerprint density at radius 3 is 1.88 bits per heavy atom. The SMILES string of the molecule is COc1cc(C(C)C(=O)Cl)cc(OC)c1OC. The van der Waals surface area contributed by atoms with Crippen molar-refractivity contribution in [3.63, 3.8) is 0 Å². The summed E-state index contributed by atoms with van der Waals surface area (Å²) in [4.78, 5) is 11.2. The Morgan fingerprint density at radius 1 is 1.12 bits per heavy atom. The van der Waals surface area contributed by atoms with Crippen molar-refractivity contribution in [2.75, 3.05) is 21.3 Å². The highest BCUT2D eigenvalue weighted by Crippen LogP contribution is 2.40. The minimum absolute atomic E-state index is 0.426. The highest BCUT2D eigenvalue weighted by molar-refractivity contribution is 6.64. The van der Waals surface area contributed by atoms with Gasteiger partial charge in [-0.3, -0.25) is 4.79 Å². The van der Waals surface area contributed by atoms with Gasteiger partial charge in [-0.1, -0.05) is 6.92 Å². The maximum atomic E-state index is 11.2. The molecule has 94 valence electrons. The number of hydrogen-bond acceptors (Lipinski definition) is 4. The van der Waals surface area contributed by atoms with E-state index in [4.69, 9.17) is 25.8 Å². The van der Waals surface area contributed by atoms with Gasteiger partial charge in [-0.2, -0.15) is 0 Å². The standard InChI is InChI=1S/C12H15ClO4/c1-7(12(13)14)8-5-9(15-2)11(17-4)10(6-8)16-3/h5-7H,1-4H3. The van der Waals surface area contributed by atoms with Crippen molar-refractivity contribution in [3.8, 4) is 17.2 Å². The quantitative estimate of drug-likeness (QED) is 0.762. The minimum Gasteiger partial charge on any atom is -0.493 e. The van der Waals surface area contributed by atoms with Crippen LogP contribution in [-0.4, -0.2) is 26.6 Å². The first-order valence-electron chi connectivity index (χ1n) is 5.04. The molecule has 0 bridgehead atoms. The van der Waals surface area contributed by atoms with E-state index in [2.05, 4.69) is 0 Å². The van der Waals surface area contributed by atoms with Gasteiger partial charge in [0, 0.05) is 0 Å². The molecule has 1 rings (SSSR count). The first kappa shape index (κ1) is 13.6. The third kappa shape index (κ3) is 2.82. The molecule has 1 atom stereocenters. The zero-order valence-corrected chi connectivity index (χ0v) is 11.0. The van der Waals surface area contributed by atoms with Gasteiger partial charge >= 0.3 is 0 Å². The number of carbonyl (C=O) groups is 1. The first-order valence-corrected chi connectivity index (χ1v) is 5.42. The van der Waals surface area contributed by atoms with Crippen molar-refractivity contribution in [3.05, 3.63) is 17.7 Å². The molecule has 0 spiro atoms. The lowest BCUT2D eigenvalue weighted by atomic mass is 10.0. The van der Waals surface area contributed by atoms with Crippen LogP contribution >= 0.6 is 11.6 Å². The first-order chi connectivity index (χ1) is 8.04. The van der Waals surface area contributed by atoms with Gasteiger partial charge < -0.3 is 14.2 Å². The van der Waals surface area contributed by atoms with Crippen LogP contribution in [0.3, 0.4) is 0 Å². The van der Waals surface area contributed by atoms with E-state index in [0.717, 1.165) is 5.56 Å². The monoisotopic (exact) mass is 258 g/mol. The van der Waals surface area contributed by atoms with Crippen LogP contribution in [0.4, 0.5) is 0 Å². The zero-order valence-electron chi connectivity index (χ0n) is 10.2. The number of benzene rings is 1. The molecule has 0 radical (unpaired) electrons. The van der Waals surface area contributed by atoms with Crippen molar-refractivity contribution >= 4 is 16.8 Å². The van der Waals surface area contributed by atoms with E-state index in [1.165, 1.54) is 21.3 Å². The summed E-state index contributed by atoms with van der Waals surface area (Å²) in [5.41, 5.74) is 0.722. The summed E-state index contributed by atoms with van der Waals surface area (Å²) in [6.45, 7) is 1.72. The van der Waals surface area contributed by atoms with Crippen LogP contribution < -0.4 is 14.2 Å². The van der Waals surface area contributed by atoms with E-state index >= 15 is 0 Å². The topological polar surface area (TPSA) is 44.8 Å². The molecule has 0 saturated carbocycles. The van der Waals surface area contributed by atoms with Gasteiger partial charge in [0.1, 0.15) is 0 Å². The second-order valence-corrected chi connectivity index (χ2v) is 3.86. The maximum absolute atomic E-state index is 11.2. The third-order valence-corrected chi connectivity index (χ3v) is 2.85. The number of carbonyl (C=O) groups excluding carboxylic acids is 1. The summed E-state index contributed by atoms with van der Waals surface area (Å²) in [5, 5.41) is -0.431. The van der Waals surface area contributed by atoms with Crippen molar-refractivity contribution in [2.24, 2.45) is 0 Å². The van der Waals surface area contributed by atoms with Gasteiger partial charge in [0.25, 0.3) is 0 Å². The fourth-order valence-corrected chi connectivity index (χ4v) is 1.61. The van der Waals surface area contributed by atoms with Crippen LogP contribution in [0.25, 0.3) is 0 Å². The molecule has 1 aromatic rings. The number of hydrogen-bond donors (Lipinski definition) is 0. The van der Waals surface area contributed by atoms with Crippen LogP contribution in [0.1, 0.15) is 18.4 Å². The summed E-state index contributed by atoms with van der Waals surface area (Å²) < 4.78 is 15.6. The van der Waals surface area contributed by atoms with Gasteiger partial charge in [0.05, 0.1) is 27.2 Å². The summed E-state index contributed by atoms with van der Waals surface area (Å²) in [5.74, 6) is 1.08. The van der Waals surface area contributed by atoms with Crippen LogP contribution in [-0.2, 0) is 4.79 Å². The van der Waals surface area contributed by atoms with E-state index in [-0.39, 0.29) is 0 Å². The van der Waals surface area contributed by atoms with Gasteiger partial charge in [0.15, 0.2) is 11.5 Å². The summed E-state index contributed by atoms with van der Waals surface area (Å²) >= 11 is 5.48. The largest absolute Gasteiger partial charge is 0.493 e. The number of halogens is 1. The fraction of sp³-hybridized carbons (Fsp3) is 0.417. The van der Waals surface area contributed by atoms with E-state index in [1.807, 2.05) is 0 Å². The molecular weight excluding hydrogens is 244 g/mol. The van der Waals surface area contributed by atoms with E-state index in [0.29, 0.717) is 17.2 Å². The molecule has 0 aliphatic rings. The van der Waals surface area contributed by atoms with E-state index < -0.39 is 11.2 Å². The van der Waals surface area contributed by atoms with Crippen molar-refractivity contribution in [2.45, 2.75) is 12.8 Å². The Morgan fingerprint density at radius 2 is 1.59 bits per heavy atom. The van der Waals surface area contributed by atoms with Gasteiger partial charge in [0.2, 0.25) is 11.0 Å². The van der Waals surface area contributed by atoms with Crippen LogP contribution in [0.15, 0.2) is 12.1 Å². The van der Waals surface area contributed by atoms with Crippen LogP contribution in [0, 0.1) is 0 Å². The molecule has 17 heavy (non-hydrogen) atoms. The lowest BCUT2D eigenvalue weighted by Gasteiger charge is -2.15. The average Bonchev–Trinajstić information content (AvgIpc) is 2.35. The zero-order chi connectivity index (χ0) is 13.0. The molecule has 1 unspecified atom stereocenters. The normalized spacial score (nSPS) is 11.8. The Labute approximate surface area is 105 Å². The summed E-state index contributed by atoms with van der Waals surface area (Å²) in [7, 11) is 4.57. The van der Waals surface area contributed by atoms with Crippen molar-refractivity contribution in [1.29, 1.82) is 0 Å². The number of methoxy groups -OCH3 is 3. The average molecular weight is 259 g/mol. The molecule has 5 heteroatoms. The summed E-state index contributed by atoms with van der Waals surface area (Å²) in [6.07, 6.45) is 0. The van der Waals surface area contributed by atoms with Crippen LogP contribution in [0.5, 0.6) is 17.2 Å². The minimum atomic E-state index is -0.431. The Hall–Kier alpha value is -1.42. The lowest BCUT2D eigenvalue weighted by molar-refractivity contribution is -0.112. The lowest BCUT2D eigenvalue weighted by Crippen LogP contribution is -2.04. The van der Waals surface area contributed by atoms with Crippen molar-refractivity contribution < 1.29 is 19.0 Å². The molecule has 0 aromatic heterocycles. The molecule has 4 nitrogen and oxygen atoms in total. The van der Waals surface area contributed by atoms with E-state index in [9.17, 15) is 4.79 Å². The summed E-state index contributed by atoms with van der Waals surface area (Å²) in [6, 6.07) is 3.43. The second kappa shape index (κ2) is 5.77. The van der Waals surface area contributed by atoms with Gasteiger partial charge in [-0.05, 0) is 29.3 Å². The molecule has 0 amide bonds. The molecule has 0 fully saturated rings. The van der Waals surface area contributed by atoms with Gasteiger partial charge in [-0.25, -0.2) is 0 Å². The van der Waals surface area contributed by atoms with Gasteiger partial charge in [-0.15, -0.1) is 0 Å². The molecule has 0 heterocycles. The van der Waals surface area contributed by atoms with Crippen molar-refractivity contribution in [1.82, 2.24) is 0 Å². The smallest absolute Gasteiger partial charge is 0.228 e. The highest BCUT2D eigenvalue weighted by Gasteiger charge is 2.19. The number of rotatable bonds is 5. The molecular formula is C12H15ClO4. The Kier molecular flexibility index (Phi) is 4.63. The van der Waals surface area contributed by atoms with E-state index in [1.54, 1.807) is 19.1 Å². The number of ether oxygens (including phenoxy) is 3. The second-order valence-electron chi connectivity index (χ2n) is 3.48. The highest BCUT2D eigenvalue weighted by atomic mass is 35.5. The Bertz CT molecular complexity index is 392. The predicted molar refractivity (Wildman–Crippen MR) is 65.4 cm³/mol. The predicted octanol–water partition coefficient (Wildman–Crippen LogP) is 2.58. The molecule has 1 aromatic carbocycles. The van der Waals surface area contributed by atoms with Crippen LogP contribution in [0.2, 0.25) is 0 Å². The maximum Gasteiger partial charge on any atom is 0.228 e. The molecule has 0 aliphatic heterocycles. The molecule has 0 N–H and O–H groups in total. The molecule has 0 saturated heterocycles. The molecule has 0 aliphatic carbocycles. The fourth-order valence-electron chi connectivity index (χ4n) is 1.48. The Balaban J connectivity index is 3.31.